The lowest BCUT2D eigenvalue weighted by Gasteiger charge is -2.14. The predicted octanol–water partition coefficient (Wildman–Crippen LogP) is 5.14. The first kappa shape index (κ1) is 20.6. The fourth-order valence-corrected chi connectivity index (χ4v) is 3.84. The second kappa shape index (κ2) is 9.43. The molecule has 31 heavy (non-hydrogen) atoms. The van der Waals surface area contributed by atoms with Gasteiger partial charge in [0.1, 0.15) is 5.75 Å². The van der Waals surface area contributed by atoms with Crippen LogP contribution in [0.15, 0.2) is 66.9 Å². The van der Waals surface area contributed by atoms with Crippen LogP contribution in [0.2, 0.25) is 0 Å². The zero-order valence-corrected chi connectivity index (χ0v) is 17.4. The van der Waals surface area contributed by atoms with Crippen molar-refractivity contribution in [3.05, 3.63) is 72.4 Å². The van der Waals surface area contributed by atoms with Crippen molar-refractivity contribution in [1.29, 1.82) is 0 Å². The van der Waals surface area contributed by atoms with Crippen LogP contribution >= 0.6 is 0 Å². The maximum atomic E-state index is 12.8. The van der Waals surface area contributed by atoms with Crippen LogP contribution in [0.5, 0.6) is 5.75 Å². The van der Waals surface area contributed by atoms with Crippen LogP contribution in [0.3, 0.4) is 0 Å². The molecular formula is C25H25N3O3. The molecule has 1 aromatic heterocycles. The van der Waals surface area contributed by atoms with Crippen LogP contribution in [-0.4, -0.2) is 23.9 Å². The topological polar surface area (TPSA) is 80.3 Å². The Morgan fingerprint density at radius 3 is 2.48 bits per heavy atom. The first-order valence-electron chi connectivity index (χ1n) is 10.5. The van der Waals surface area contributed by atoms with Crippen molar-refractivity contribution < 1.29 is 14.3 Å². The van der Waals surface area contributed by atoms with Gasteiger partial charge in [-0.05, 0) is 61.4 Å². The predicted molar refractivity (Wildman–Crippen MR) is 121 cm³/mol. The van der Waals surface area contributed by atoms with E-state index in [0.717, 1.165) is 37.0 Å². The van der Waals surface area contributed by atoms with Crippen molar-refractivity contribution in [2.24, 2.45) is 5.92 Å². The number of carbonyl (C=O) groups is 2. The van der Waals surface area contributed by atoms with Gasteiger partial charge in [0.05, 0.1) is 18.5 Å². The minimum Gasteiger partial charge on any atom is -0.497 e. The summed E-state index contributed by atoms with van der Waals surface area (Å²) >= 11 is 0. The van der Waals surface area contributed by atoms with Crippen molar-refractivity contribution in [2.45, 2.75) is 25.7 Å². The van der Waals surface area contributed by atoms with Crippen molar-refractivity contribution in [3.63, 3.8) is 0 Å². The monoisotopic (exact) mass is 415 g/mol. The standard InChI is InChI=1S/C25H25N3O3/c1-31-21-13-11-20(12-14-21)27-25(30)19-9-4-8-18(16-19)23-22(10-5-15-26-23)28-24(29)17-6-2-3-7-17/h4-5,8-17H,2-3,6-7H2,1H3,(H,27,30)(H,28,29). The number of carbonyl (C=O) groups excluding carboxylic acids is 2. The first-order valence-corrected chi connectivity index (χ1v) is 10.5. The van der Waals surface area contributed by atoms with E-state index in [0.29, 0.717) is 22.6 Å². The molecule has 2 amide bonds. The SMILES string of the molecule is COc1ccc(NC(=O)c2cccc(-c3ncccc3NC(=O)C3CCCC3)c2)cc1. The van der Waals surface area contributed by atoms with Gasteiger partial charge in [-0.1, -0.05) is 25.0 Å². The van der Waals surface area contributed by atoms with Crippen molar-refractivity contribution in [1.82, 2.24) is 4.98 Å². The lowest BCUT2D eigenvalue weighted by atomic mass is 10.0. The number of pyridine rings is 1. The van der Waals surface area contributed by atoms with E-state index >= 15 is 0 Å². The quantitative estimate of drug-likeness (QED) is 0.584. The van der Waals surface area contributed by atoms with Gasteiger partial charge in [0.25, 0.3) is 5.91 Å². The number of aromatic nitrogens is 1. The number of ether oxygens (including phenoxy) is 1. The number of methoxy groups -OCH3 is 1. The highest BCUT2D eigenvalue weighted by Gasteiger charge is 2.23. The molecule has 1 aliphatic carbocycles. The van der Waals surface area contributed by atoms with Crippen LogP contribution in [0, 0.1) is 5.92 Å². The fourth-order valence-electron chi connectivity index (χ4n) is 3.84. The largest absolute Gasteiger partial charge is 0.497 e. The summed E-state index contributed by atoms with van der Waals surface area (Å²) in [4.78, 5) is 29.8. The van der Waals surface area contributed by atoms with Crippen LogP contribution < -0.4 is 15.4 Å². The molecule has 1 saturated carbocycles. The highest BCUT2D eigenvalue weighted by Crippen LogP contribution is 2.30. The van der Waals surface area contributed by atoms with Gasteiger partial charge in [0.2, 0.25) is 5.91 Å². The molecule has 0 spiro atoms. The third kappa shape index (κ3) is 4.91. The molecule has 0 saturated heterocycles. The molecular weight excluding hydrogens is 390 g/mol. The Labute approximate surface area is 181 Å². The molecule has 0 atom stereocenters. The van der Waals surface area contributed by atoms with E-state index in [9.17, 15) is 9.59 Å². The number of amides is 2. The molecule has 6 heteroatoms. The molecule has 158 valence electrons. The van der Waals surface area contributed by atoms with Gasteiger partial charge < -0.3 is 15.4 Å². The van der Waals surface area contributed by atoms with Gasteiger partial charge in [-0.25, -0.2) is 0 Å². The highest BCUT2D eigenvalue weighted by atomic mass is 16.5. The second-order valence-electron chi connectivity index (χ2n) is 7.63. The summed E-state index contributed by atoms with van der Waals surface area (Å²) < 4.78 is 5.14. The van der Waals surface area contributed by atoms with Gasteiger partial charge in [-0.15, -0.1) is 0 Å². The average Bonchev–Trinajstić information content (AvgIpc) is 3.35. The van der Waals surface area contributed by atoms with E-state index in [1.54, 1.807) is 55.8 Å². The minimum atomic E-state index is -0.223. The number of hydrogen-bond acceptors (Lipinski definition) is 4. The van der Waals surface area contributed by atoms with Crippen molar-refractivity contribution in [2.75, 3.05) is 17.7 Å². The summed E-state index contributed by atoms with van der Waals surface area (Å²) in [5.74, 6) is 0.608. The van der Waals surface area contributed by atoms with Crippen LogP contribution in [0.1, 0.15) is 36.0 Å². The Morgan fingerprint density at radius 2 is 1.74 bits per heavy atom. The summed E-state index contributed by atoms with van der Waals surface area (Å²) in [6.45, 7) is 0. The summed E-state index contributed by atoms with van der Waals surface area (Å²) in [7, 11) is 1.60. The van der Waals surface area contributed by atoms with E-state index in [1.165, 1.54) is 0 Å². The molecule has 0 radical (unpaired) electrons. The minimum absolute atomic E-state index is 0.0418. The lowest BCUT2D eigenvalue weighted by molar-refractivity contribution is -0.119. The zero-order valence-electron chi connectivity index (χ0n) is 17.4. The lowest BCUT2D eigenvalue weighted by Crippen LogP contribution is -2.20. The summed E-state index contributed by atoms with van der Waals surface area (Å²) in [6, 6.07) is 18.0. The number of nitrogens with zero attached hydrogens (tertiary/aromatic N) is 1. The Bertz CT molecular complexity index is 1070. The molecule has 0 bridgehead atoms. The molecule has 1 aliphatic rings. The third-order valence-electron chi connectivity index (χ3n) is 5.54. The van der Waals surface area contributed by atoms with E-state index in [4.69, 9.17) is 4.74 Å². The molecule has 3 aromatic rings. The Kier molecular flexibility index (Phi) is 6.26. The normalized spacial score (nSPS) is 13.6. The van der Waals surface area contributed by atoms with Gasteiger partial charge >= 0.3 is 0 Å². The Morgan fingerprint density at radius 1 is 0.968 bits per heavy atom. The molecule has 6 nitrogen and oxygen atoms in total. The number of benzene rings is 2. The van der Waals surface area contributed by atoms with Crippen LogP contribution in [-0.2, 0) is 4.79 Å². The number of hydrogen-bond donors (Lipinski definition) is 2. The maximum absolute atomic E-state index is 12.8. The van der Waals surface area contributed by atoms with E-state index in [-0.39, 0.29) is 17.7 Å². The van der Waals surface area contributed by atoms with Crippen LogP contribution in [0.4, 0.5) is 11.4 Å². The van der Waals surface area contributed by atoms with Gasteiger partial charge in [-0.2, -0.15) is 0 Å². The zero-order chi connectivity index (χ0) is 21.6. The Balaban J connectivity index is 1.53. The van der Waals surface area contributed by atoms with Gasteiger partial charge in [0, 0.05) is 28.9 Å². The maximum Gasteiger partial charge on any atom is 0.255 e. The fraction of sp³-hybridized carbons (Fsp3) is 0.240. The van der Waals surface area contributed by atoms with Gasteiger partial charge in [-0.3, -0.25) is 14.6 Å². The molecule has 1 fully saturated rings. The third-order valence-corrected chi connectivity index (χ3v) is 5.54. The molecule has 1 heterocycles. The smallest absolute Gasteiger partial charge is 0.255 e. The number of rotatable bonds is 6. The Hall–Kier alpha value is -3.67. The molecule has 0 aliphatic heterocycles. The second-order valence-corrected chi connectivity index (χ2v) is 7.63. The number of anilines is 2. The van der Waals surface area contributed by atoms with Crippen molar-refractivity contribution >= 4 is 23.2 Å². The summed E-state index contributed by atoms with van der Waals surface area (Å²) in [5.41, 5.74) is 3.26. The molecule has 0 unspecified atom stereocenters. The van der Waals surface area contributed by atoms with E-state index in [2.05, 4.69) is 15.6 Å². The summed E-state index contributed by atoms with van der Waals surface area (Å²) in [5, 5.41) is 5.92. The molecule has 2 N–H and O–H groups in total. The molecule has 2 aromatic carbocycles. The average molecular weight is 415 g/mol. The molecule has 4 rings (SSSR count). The van der Waals surface area contributed by atoms with Crippen LogP contribution in [0.25, 0.3) is 11.3 Å². The van der Waals surface area contributed by atoms with Crippen molar-refractivity contribution in [3.8, 4) is 17.0 Å². The van der Waals surface area contributed by atoms with E-state index < -0.39 is 0 Å². The van der Waals surface area contributed by atoms with E-state index in [1.807, 2.05) is 18.2 Å². The number of nitrogens with one attached hydrogen (secondary N) is 2. The summed E-state index contributed by atoms with van der Waals surface area (Å²) in [6.07, 6.45) is 5.75. The first-order chi connectivity index (χ1) is 15.1. The highest BCUT2D eigenvalue weighted by molar-refractivity contribution is 6.05. The van der Waals surface area contributed by atoms with Gasteiger partial charge in [0.15, 0.2) is 0 Å².